The molecule has 3 atom stereocenters. The van der Waals surface area contributed by atoms with E-state index in [2.05, 4.69) is 56.5 Å². The number of rotatable bonds is 3. The molecule has 0 bridgehead atoms. The summed E-state index contributed by atoms with van der Waals surface area (Å²) < 4.78 is 8.47. The van der Waals surface area contributed by atoms with Crippen LogP contribution in [0.25, 0.3) is 11.5 Å². The van der Waals surface area contributed by atoms with Gasteiger partial charge in [0, 0.05) is 18.5 Å². The molecule has 3 heterocycles. The maximum atomic E-state index is 11.5. The van der Waals surface area contributed by atoms with Crippen molar-refractivity contribution in [2.45, 2.75) is 66.7 Å². The Morgan fingerprint density at radius 2 is 1.96 bits per heavy atom. The van der Waals surface area contributed by atoms with Gasteiger partial charge in [-0.15, -0.1) is 0 Å². The van der Waals surface area contributed by atoms with E-state index in [1.165, 1.54) is 12.3 Å². The first kappa shape index (κ1) is 18.8. The molecule has 6 heteroatoms. The Kier molecular flexibility index (Phi) is 4.82. The van der Waals surface area contributed by atoms with E-state index in [-0.39, 0.29) is 28.7 Å². The van der Waals surface area contributed by atoms with Crippen LogP contribution in [0, 0.1) is 16.7 Å². The highest BCUT2D eigenvalue weighted by Gasteiger charge is 2.43. The van der Waals surface area contributed by atoms with Gasteiger partial charge in [0.25, 0.3) is 5.56 Å². The number of nitrogens with one attached hydrogen (secondary N) is 1. The Hall–Kier alpha value is -1.95. The molecule has 1 N–H and O–H groups in total. The first-order chi connectivity index (χ1) is 12.0. The smallest absolute Gasteiger partial charge is 0.251 e. The Balaban J connectivity index is 1.83. The highest BCUT2D eigenvalue weighted by atomic mass is 16.5. The molecule has 1 fully saturated rings. The van der Waals surface area contributed by atoms with Crippen LogP contribution in [0.1, 0.15) is 60.6 Å². The molecule has 3 rings (SSSR count). The van der Waals surface area contributed by atoms with E-state index >= 15 is 0 Å². The number of H-pyrrole nitrogens is 1. The van der Waals surface area contributed by atoms with Crippen molar-refractivity contribution in [2.24, 2.45) is 16.7 Å². The number of hydrogen-bond acceptors (Lipinski definition) is 4. The highest BCUT2D eigenvalue weighted by molar-refractivity contribution is 5.46. The van der Waals surface area contributed by atoms with Gasteiger partial charge in [0.15, 0.2) is 5.82 Å². The van der Waals surface area contributed by atoms with E-state index in [4.69, 9.17) is 4.74 Å². The van der Waals surface area contributed by atoms with Crippen LogP contribution in [0.3, 0.4) is 0 Å². The monoisotopic (exact) mass is 358 g/mol. The van der Waals surface area contributed by atoms with Crippen molar-refractivity contribution in [2.75, 3.05) is 0 Å². The lowest BCUT2D eigenvalue weighted by molar-refractivity contribution is -0.0323. The third-order valence-electron chi connectivity index (χ3n) is 5.01. The zero-order valence-corrected chi connectivity index (χ0v) is 16.6. The van der Waals surface area contributed by atoms with Crippen LogP contribution < -0.4 is 5.56 Å². The average Bonchev–Trinajstić information content (AvgIpc) is 3.11. The van der Waals surface area contributed by atoms with Crippen LogP contribution in [0.4, 0.5) is 0 Å². The second-order valence-electron chi connectivity index (χ2n) is 9.59. The molecule has 1 aliphatic rings. The Morgan fingerprint density at radius 3 is 2.58 bits per heavy atom. The first-order valence-corrected chi connectivity index (χ1v) is 9.27. The second-order valence-corrected chi connectivity index (χ2v) is 9.59. The summed E-state index contributed by atoms with van der Waals surface area (Å²) in [6, 6.07) is 1.39. The molecule has 0 spiro atoms. The lowest BCUT2D eigenvalue weighted by Crippen LogP contribution is -2.31. The topological polar surface area (TPSA) is 72.8 Å². The van der Waals surface area contributed by atoms with Gasteiger partial charge in [-0.05, 0) is 29.6 Å². The summed E-state index contributed by atoms with van der Waals surface area (Å²) in [6.45, 7) is 13.6. The summed E-state index contributed by atoms with van der Waals surface area (Å²) in [5.41, 5.74) is 0.870. The van der Waals surface area contributed by atoms with Crippen molar-refractivity contribution in [1.29, 1.82) is 0 Å². The fourth-order valence-corrected chi connectivity index (χ4v) is 3.74. The van der Waals surface area contributed by atoms with Crippen LogP contribution in [-0.4, -0.2) is 25.6 Å². The summed E-state index contributed by atoms with van der Waals surface area (Å²) in [5.74, 6) is 0.958. The molecule has 0 saturated carbocycles. The summed E-state index contributed by atoms with van der Waals surface area (Å²) in [6.07, 6.45) is 7.34. The number of aromatic nitrogens is 4. The van der Waals surface area contributed by atoms with Crippen LogP contribution in [0.2, 0.25) is 0 Å². The summed E-state index contributed by atoms with van der Waals surface area (Å²) in [7, 11) is 0. The van der Waals surface area contributed by atoms with E-state index in [1.54, 1.807) is 6.33 Å². The van der Waals surface area contributed by atoms with Gasteiger partial charge in [-0.25, -0.2) is 9.97 Å². The molecule has 1 saturated heterocycles. The molecule has 1 unspecified atom stereocenters. The number of nitrogens with zero attached hydrogens (tertiary/aromatic N) is 3. The van der Waals surface area contributed by atoms with Gasteiger partial charge in [0.2, 0.25) is 0 Å². The SMILES string of the molecule is CC(C)(C)C[C@H]1O[C@@H](n2cnc(-c3nccc(=O)[nH]3)c2)CC1C(C)(C)C. The second kappa shape index (κ2) is 6.65. The van der Waals surface area contributed by atoms with E-state index < -0.39 is 0 Å². The molecule has 6 nitrogen and oxygen atoms in total. The van der Waals surface area contributed by atoms with Crippen molar-refractivity contribution in [3.05, 3.63) is 35.1 Å². The lowest BCUT2D eigenvalue weighted by atomic mass is 9.73. The molecule has 142 valence electrons. The molecule has 0 amide bonds. The van der Waals surface area contributed by atoms with Crippen LogP contribution in [0.15, 0.2) is 29.6 Å². The van der Waals surface area contributed by atoms with E-state index in [9.17, 15) is 4.79 Å². The predicted octanol–water partition coefficient (Wildman–Crippen LogP) is 4.02. The average molecular weight is 358 g/mol. The summed E-state index contributed by atoms with van der Waals surface area (Å²) in [4.78, 5) is 22.8. The van der Waals surface area contributed by atoms with Gasteiger partial charge < -0.3 is 14.3 Å². The van der Waals surface area contributed by atoms with Gasteiger partial charge in [0.05, 0.1) is 12.4 Å². The Morgan fingerprint density at radius 1 is 1.23 bits per heavy atom. The minimum absolute atomic E-state index is 0.0386. The van der Waals surface area contributed by atoms with Crippen molar-refractivity contribution >= 4 is 0 Å². The fraction of sp³-hybridized carbons (Fsp3) is 0.650. The minimum atomic E-state index is -0.181. The quantitative estimate of drug-likeness (QED) is 0.899. The Bertz CT molecular complexity index is 810. The van der Waals surface area contributed by atoms with Crippen LogP contribution in [0.5, 0.6) is 0 Å². The van der Waals surface area contributed by atoms with Gasteiger partial charge in [-0.2, -0.15) is 0 Å². The first-order valence-electron chi connectivity index (χ1n) is 9.27. The largest absolute Gasteiger partial charge is 0.354 e. The number of imidazole rings is 1. The van der Waals surface area contributed by atoms with Crippen molar-refractivity contribution in [3.8, 4) is 11.5 Å². The number of hydrogen-bond donors (Lipinski definition) is 1. The van der Waals surface area contributed by atoms with E-state index in [0.29, 0.717) is 17.4 Å². The summed E-state index contributed by atoms with van der Waals surface area (Å²) >= 11 is 0. The molecule has 0 aliphatic carbocycles. The highest BCUT2D eigenvalue weighted by Crippen LogP contribution is 2.46. The third-order valence-corrected chi connectivity index (χ3v) is 5.01. The number of aromatic amines is 1. The minimum Gasteiger partial charge on any atom is -0.354 e. The molecule has 1 aliphatic heterocycles. The molecule has 26 heavy (non-hydrogen) atoms. The van der Waals surface area contributed by atoms with E-state index in [0.717, 1.165) is 12.8 Å². The zero-order valence-electron chi connectivity index (χ0n) is 16.6. The standard InChI is InChI=1S/C20H30N4O2/c1-19(2,3)10-15-13(20(4,5)6)9-17(26-15)24-11-14(22-12-24)18-21-8-7-16(25)23-18/h7-8,11-13,15,17H,9-10H2,1-6H3,(H,21,23,25)/t13?,15-,17-/m1/s1. The third kappa shape index (κ3) is 4.23. The number of ether oxygens (including phenoxy) is 1. The van der Waals surface area contributed by atoms with Gasteiger partial charge in [-0.1, -0.05) is 41.5 Å². The van der Waals surface area contributed by atoms with E-state index in [1.807, 2.05) is 10.8 Å². The maximum Gasteiger partial charge on any atom is 0.251 e. The van der Waals surface area contributed by atoms with Crippen LogP contribution in [-0.2, 0) is 4.74 Å². The summed E-state index contributed by atoms with van der Waals surface area (Å²) in [5, 5.41) is 0. The van der Waals surface area contributed by atoms with Gasteiger partial charge in [-0.3, -0.25) is 4.79 Å². The normalized spacial score (nSPS) is 24.2. The van der Waals surface area contributed by atoms with Crippen molar-refractivity contribution in [1.82, 2.24) is 19.5 Å². The van der Waals surface area contributed by atoms with Gasteiger partial charge in [0.1, 0.15) is 11.9 Å². The van der Waals surface area contributed by atoms with Crippen molar-refractivity contribution in [3.63, 3.8) is 0 Å². The predicted molar refractivity (Wildman–Crippen MR) is 102 cm³/mol. The molecule has 2 aromatic rings. The Labute approximate surface area is 155 Å². The zero-order chi connectivity index (χ0) is 19.1. The molecule has 0 aromatic carbocycles. The van der Waals surface area contributed by atoms with Gasteiger partial charge >= 0.3 is 0 Å². The molecule has 2 aromatic heterocycles. The fourth-order valence-electron chi connectivity index (χ4n) is 3.74. The van der Waals surface area contributed by atoms with Crippen molar-refractivity contribution < 1.29 is 4.74 Å². The molecular weight excluding hydrogens is 328 g/mol. The maximum absolute atomic E-state index is 11.5. The molecular formula is C20H30N4O2. The molecule has 0 radical (unpaired) electrons. The van der Waals surface area contributed by atoms with Crippen LogP contribution >= 0.6 is 0 Å². The lowest BCUT2D eigenvalue weighted by Gasteiger charge is -2.33.